The van der Waals surface area contributed by atoms with Gasteiger partial charge in [-0.3, -0.25) is 0 Å². The van der Waals surface area contributed by atoms with Gasteiger partial charge in [-0.15, -0.1) is 11.8 Å². The molecule has 2 rings (SSSR count). The third-order valence-electron chi connectivity index (χ3n) is 2.19. The number of rotatable bonds is 3. The molecular weight excluding hydrogens is 296 g/mol. The molecule has 0 bridgehead atoms. The summed E-state index contributed by atoms with van der Waals surface area (Å²) in [5.41, 5.74) is 1.48. The lowest BCUT2D eigenvalue weighted by atomic mass is 10.2. The van der Waals surface area contributed by atoms with Crippen LogP contribution in [0.2, 0.25) is 0 Å². The first-order chi connectivity index (χ1) is 8.29. The number of hydrogen-bond donors (Lipinski definition) is 0. The third kappa shape index (κ3) is 3.32. The quantitative estimate of drug-likeness (QED) is 0.804. The van der Waals surface area contributed by atoms with Crippen molar-refractivity contribution in [1.82, 2.24) is 4.98 Å². The van der Waals surface area contributed by atoms with Crippen LogP contribution in [0.4, 0.5) is 0 Å². The van der Waals surface area contributed by atoms with Gasteiger partial charge in [0, 0.05) is 21.3 Å². The van der Waals surface area contributed by atoms with Crippen LogP contribution in [0.5, 0.6) is 0 Å². The average Bonchev–Trinajstić information content (AvgIpc) is 2.37. The highest BCUT2D eigenvalue weighted by Crippen LogP contribution is 2.25. The van der Waals surface area contributed by atoms with Gasteiger partial charge in [-0.2, -0.15) is 5.26 Å². The highest BCUT2D eigenvalue weighted by molar-refractivity contribution is 9.10. The van der Waals surface area contributed by atoms with Gasteiger partial charge < -0.3 is 0 Å². The lowest BCUT2D eigenvalue weighted by Gasteiger charge is -2.03. The van der Waals surface area contributed by atoms with Gasteiger partial charge >= 0.3 is 0 Å². The Balaban J connectivity index is 2.10. The number of halogens is 1. The molecule has 0 atom stereocenters. The molecule has 0 aliphatic heterocycles. The van der Waals surface area contributed by atoms with Gasteiger partial charge in [0.2, 0.25) is 0 Å². The zero-order valence-corrected chi connectivity index (χ0v) is 11.3. The topological polar surface area (TPSA) is 36.7 Å². The van der Waals surface area contributed by atoms with Crippen LogP contribution in [0.25, 0.3) is 0 Å². The molecule has 0 aliphatic carbocycles. The molecule has 2 nitrogen and oxygen atoms in total. The molecule has 84 valence electrons. The fraction of sp³-hybridized carbons (Fsp3) is 0.0769. The molecule has 0 aliphatic rings. The Hall–Kier alpha value is -1.31. The van der Waals surface area contributed by atoms with E-state index in [9.17, 15) is 0 Å². The Kier molecular flexibility index (Phi) is 4.18. The molecule has 1 aromatic carbocycles. The van der Waals surface area contributed by atoms with E-state index < -0.39 is 0 Å². The van der Waals surface area contributed by atoms with Crippen molar-refractivity contribution < 1.29 is 0 Å². The summed E-state index contributed by atoms with van der Waals surface area (Å²) in [7, 11) is 0. The second-order valence-corrected chi connectivity index (χ2v) is 5.33. The number of aromatic nitrogens is 1. The van der Waals surface area contributed by atoms with Crippen LogP contribution >= 0.6 is 27.7 Å². The smallest absolute Gasteiger partial charge is 0.144 e. The van der Waals surface area contributed by atoms with Crippen molar-refractivity contribution in [2.75, 3.05) is 0 Å². The summed E-state index contributed by atoms with van der Waals surface area (Å²) >= 11 is 5.13. The largest absolute Gasteiger partial charge is 0.245 e. The Labute approximate surface area is 113 Å². The number of thioether (sulfide) groups is 1. The summed E-state index contributed by atoms with van der Waals surface area (Å²) in [5.74, 6) is 0.757. The second-order valence-electron chi connectivity index (χ2n) is 3.37. The van der Waals surface area contributed by atoms with Gasteiger partial charge in [-0.25, -0.2) is 4.98 Å². The molecule has 0 unspecified atom stereocenters. The second kappa shape index (κ2) is 5.85. The molecule has 0 saturated carbocycles. The first-order valence-corrected chi connectivity index (χ1v) is 6.80. The van der Waals surface area contributed by atoms with Crippen molar-refractivity contribution >= 4 is 27.7 Å². The van der Waals surface area contributed by atoms with Crippen molar-refractivity contribution in [1.29, 1.82) is 5.26 Å². The van der Waals surface area contributed by atoms with Crippen LogP contribution in [0.3, 0.4) is 0 Å². The molecule has 1 heterocycles. The van der Waals surface area contributed by atoms with E-state index in [-0.39, 0.29) is 0 Å². The average molecular weight is 305 g/mol. The molecular formula is C13H9BrN2S. The summed E-state index contributed by atoms with van der Waals surface area (Å²) in [6, 6.07) is 14.0. The van der Waals surface area contributed by atoms with E-state index >= 15 is 0 Å². The Morgan fingerprint density at radius 2 is 2.18 bits per heavy atom. The molecule has 0 N–H and O–H groups in total. The van der Waals surface area contributed by atoms with Gasteiger partial charge in [-0.1, -0.05) is 28.1 Å². The predicted molar refractivity (Wildman–Crippen MR) is 72.7 cm³/mol. The summed E-state index contributed by atoms with van der Waals surface area (Å²) in [6.07, 6.45) is 1.64. The highest BCUT2D eigenvalue weighted by Gasteiger charge is 2.03. The summed E-state index contributed by atoms with van der Waals surface area (Å²) in [5, 5.41) is 8.93. The van der Waals surface area contributed by atoms with Crippen LogP contribution in [0, 0.1) is 11.3 Å². The van der Waals surface area contributed by atoms with Crippen molar-refractivity contribution in [3.63, 3.8) is 0 Å². The molecule has 2 aromatic rings. The first-order valence-electron chi connectivity index (χ1n) is 5.02. The molecule has 0 fully saturated rings. The highest BCUT2D eigenvalue weighted by atomic mass is 79.9. The number of nitriles is 1. The monoisotopic (exact) mass is 304 g/mol. The Bertz CT molecular complexity index is 563. The summed E-state index contributed by atoms with van der Waals surface area (Å²) < 4.78 is 1.06. The Morgan fingerprint density at radius 3 is 2.94 bits per heavy atom. The molecule has 0 amide bonds. The van der Waals surface area contributed by atoms with Crippen molar-refractivity contribution in [3.8, 4) is 6.07 Å². The zero-order valence-electron chi connectivity index (χ0n) is 8.93. The van der Waals surface area contributed by atoms with Crippen molar-refractivity contribution in [2.24, 2.45) is 0 Å². The van der Waals surface area contributed by atoms with E-state index in [1.165, 1.54) is 4.90 Å². The fourth-order valence-electron chi connectivity index (χ4n) is 1.37. The normalized spacial score (nSPS) is 9.88. The van der Waals surface area contributed by atoms with E-state index in [2.05, 4.69) is 39.1 Å². The number of benzene rings is 1. The van der Waals surface area contributed by atoms with Gasteiger partial charge in [0.1, 0.15) is 11.8 Å². The van der Waals surface area contributed by atoms with E-state index in [4.69, 9.17) is 5.26 Å². The maximum absolute atomic E-state index is 8.93. The van der Waals surface area contributed by atoms with Crippen LogP contribution in [-0.4, -0.2) is 4.98 Å². The molecule has 4 heteroatoms. The molecule has 0 spiro atoms. The minimum Gasteiger partial charge on any atom is -0.245 e. The van der Waals surface area contributed by atoms with E-state index in [1.807, 2.05) is 24.3 Å². The van der Waals surface area contributed by atoms with Gasteiger partial charge in [-0.05, 0) is 29.8 Å². The molecule has 0 saturated heterocycles. The predicted octanol–water partition coefficient (Wildman–Crippen LogP) is 4.01. The summed E-state index contributed by atoms with van der Waals surface area (Å²) in [4.78, 5) is 5.22. The maximum Gasteiger partial charge on any atom is 0.144 e. The number of pyridine rings is 1. The first kappa shape index (κ1) is 12.2. The minimum absolute atomic E-state index is 0.509. The zero-order chi connectivity index (χ0) is 12.1. The standard InChI is InChI=1S/C13H9BrN2S/c14-11-4-1-5-12(7-11)17-9-10-3-2-6-16-13(10)8-15/h1-7H,9H2. The lowest BCUT2D eigenvalue weighted by Crippen LogP contribution is -1.90. The Morgan fingerprint density at radius 1 is 1.29 bits per heavy atom. The lowest BCUT2D eigenvalue weighted by molar-refractivity contribution is 1.19. The van der Waals surface area contributed by atoms with E-state index in [1.54, 1.807) is 18.0 Å². The minimum atomic E-state index is 0.509. The van der Waals surface area contributed by atoms with E-state index in [0.717, 1.165) is 15.8 Å². The van der Waals surface area contributed by atoms with Crippen LogP contribution < -0.4 is 0 Å². The van der Waals surface area contributed by atoms with Gasteiger partial charge in [0.15, 0.2) is 0 Å². The van der Waals surface area contributed by atoms with Crippen LogP contribution in [0.1, 0.15) is 11.3 Å². The van der Waals surface area contributed by atoms with Gasteiger partial charge in [0.25, 0.3) is 0 Å². The van der Waals surface area contributed by atoms with Crippen LogP contribution in [-0.2, 0) is 5.75 Å². The third-order valence-corrected chi connectivity index (χ3v) is 3.72. The fourth-order valence-corrected chi connectivity index (χ4v) is 2.86. The van der Waals surface area contributed by atoms with Crippen molar-refractivity contribution in [3.05, 3.63) is 58.3 Å². The molecule has 1 aromatic heterocycles. The molecule has 17 heavy (non-hydrogen) atoms. The number of hydrogen-bond acceptors (Lipinski definition) is 3. The van der Waals surface area contributed by atoms with Gasteiger partial charge in [0.05, 0.1) is 0 Å². The van der Waals surface area contributed by atoms with Crippen LogP contribution in [0.15, 0.2) is 52.0 Å². The van der Waals surface area contributed by atoms with E-state index in [0.29, 0.717) is 5.69 Å². The SMILES string of the molecule is N#Cc1ncccc1CSc1cccc(Br)c1. The maximum atomic E-state index is 8.93. The number of nitrogens with zero attached hydrogens (tertiary/aromatic N) is 2. The van der Waals surface area contributed by atoms with Crippen molar-refractivity contribution in [2.45, 2.75) is 10.6 Å². The summed E-state index contributed by atoms with van der Waals surface area (Å²) in [6.45, 7) is 0. The molecule has 0 radical (unpaired) electrons.